The largest absolute Gasteiger partial charge is 0.465 e. The average Bonchev–Trinajstić information content (AvgIpc) is 2.83. The van der Waals surface area contributed by atoms with Gasteiger partial charge >= 0.3 is 5.97 Å². The van der Waals surface area contributed by atoms with Crippen LogP contribution >= 0.6 is 0 Å². The fourth-order valence-electron chi connectivity index (χ4n) is 3.34. The van der Waals surface area contributed by atoms with E-state index in [1.807, 2.05) is 42.4 Å². The van der Waals surface area contributed by atoms with E-state index in [-0.39, 0.29) is 24.3 Å². The van der Waals surface area contributed by atoms with Gasteiger partial charge in [-0.1, -0.05) is 60.7 Å². The summed E-state index contributed by atoms with van der Waals surface area (Å²) in [5.74, 6) is -0.937. The Kier molecular flexibility index (Phi) is 7.97. The minimum atomic E-state index is -0.444. The lowest BCUT2D eigenvalue weighted by atomic mass is 9.97. The zero-order chi connectivity index (χ0) is 22.9. The molecule has 0 saturated heterocycles. The average molecular weight is 433 g/mol. The molecule has 1 heterocycles. The Hall–Kier alpha value is -3.67. The van der Waals surface area contributed by atoms with Crippen molar-refractivity contribution in [2.45, 2.75) is 25.7 Å². The molecule has 1 N–H and O–H groups in total. The van der Waals surface area contributed by atoms with E-state index < -0.39 is 5.92 Å². The molecule has 1 aliphatic rings. The molecule has 0 fully saturated rings. The Balaban J connectivity index is 1.41. The van der Waals surface area contributed by atoms with E-state index in [1.165, 1.54) is 0 Å². The second kappa shape index (κ2) is 11.1. The van der Waals surface area contributed by atoms with Gasteiger partial charge in [-0.3, -0.25) is 14.4 Å². The van der Waals surface area contributed by atoms with Crippen molar-refractivity contribution in [2.24, 2.45) is 0 Å². The van der Waals surface area contributed by atoms with E-state index >= 15 is 0 Å². The van der Waals surface area contributed by atoms with Crippen molar-refractivity contribution < 1.29 is 19.1 Å². The summed E-state index contributed by atoms with van der Waals surface area (Å²) in [6.07, 6.45) is 6.79. The predicted octanol–water partition coefficient (Wildman–Crippen LogP) is 3.80. The van der Waals surface area contributed by atoms with Gasteiger partial charge in [0.2, 0.25) is 5.91 Å². The fraction of sp³-hybridized carbons (Fsp3) is 0.269. The lowest BCUT2D eigenvalue weighted by Crippen LogP contribution is -2.28. The van der Waals surface area contributed by atoms with Crippen molar-refractivity contribution in [1.29, 1.82) is 0 Å². The number of esters is 1. The molecule has 1 atom stereocenters. The molecule has 6 heteroatoms. The molecule has 0 saturated carbocycles. The summed E-state index contributed by atoms with van der Waals surface area (Å²) in [5.41, 5.74) is 2.69. The van der Waals surface area contributed by atoms with Crippen molar-refractivity contribution in [3.05, 3.63) is 95.3 Å². The van der Waals surface area contributed by atoms with Crippen molar-refractivity contribution in [2.75, 3.05) is 20.2 Å². The summed E-state index contributed by atoms with van der Waals surface area (Å²) in [4.78, 5) is 38.8. The quantitative estimate of drug-likeness (QED) is 0.371. The Labute approximate surface area is 188 Å². The van der Waals surface area contributed by atoms with Gasteiger partial charge in [0.1, 0.15) is 0 Å². The second-order valence-corrected chi connectivity index (χ2v) is 7.72. The highest BCUT2D eigenvalue weighted by Crippen LogP contribution is 2.19. The molecule has 1 unspecified atom stereocenters. The van der Waals surface area contributed by atoms with Crippen LogP contribution in [0, 0.1) is 0 Å². The predicted molar refractivity (Wildman–Crippen MR) is 123 cm³/mol. The van der Waals surface area contributed by atoms with Crippen LogP contribution < -0.4 is 5.32 Å². The van der Waals surface area contributed by atoms with Gasteiger partial charge in [0, 0.05) is 36.5 Å². The first kappa shape index (κ1) is 23.0. The maximum Gasteiger partial charge on any atom is 0.313 e. The summed E-state index contributed by atoms with van der Waals surface area (Å²) in [6.45, 7) is 2.44. The molecule has 3 rings (SSSR count). The number of rotatable bonds is 9. The normalized spacial score (nSPS) is 13.8. The first-order valence-corrected chi connectivity index (χ1v) is 10.7. The van der Waals surface area contributed by atoms with E-state index in [2.05, 4.69) is 5.32 Å². The highest BCUT2D eigenvalue weighted by Gasteiger charge is 2.18. The van der Waals surface area contributed by atoms with Crippen LogP contribution in [0.2, 0.25) is 0 Å². The Morgan fingerprint density at radius 2 is 1.72 bits per heavy atom. The zero-order valence-corrected chi connectivity index (χ0v) is 18.4. The number of hydrogen-bond acceptors (Lipinski definition) is 5. The monoisotopic (exact) mass is 432 g/mol. The number of nitrogens with one attached hydrogen (secondary N) is 1. The number of amides is 1. The molecule has 0 bridgehead atoms. The summed E-state index contributed by atoms with van der Waals surface area (Å²) in [5, 5.41) is 2.85. The fourth-order valence-corrected chi connectivity index (χ4v) is 3.34. The molecule has 2 aromatic rings. The third kappa shape index (κ3) is 6.17. The van der Waals surface area contributed by atoms with Gasteiger partial charge in [-0.25, -0.2) is 0 Å². The number of carbonyl (C=O) groups is 3. The minimum Gasteiger partial charge on any atom is -0.465 e. The topological polar surface area (TPSA) is 75.7 Å². The number of ether oxygens (including phenoxy) is 1. The molecule has 0 spiro atoms. The maximum atomic E-state index is 12.5. The van der Waals surface area contributed by atoms with E-state index in [4.69, 9.17) is 4.74 Å². The number of hydrogen-bond donors (Lipinski definition) is 1. The SMILES string of the molecule is CC(C(=O)OCCCNC(=O)C1=CN(C)C=CC1)c1ccc(C(=O)c2ccccc2)cc1. The number of allylic oxidation sites excluding steroid dienone is 1. The maximum absolute atomic E-state index is 12.5. The molecule has 0 radical (unpaired) electrons. The summed E-state index contributed by atoms with van der Waals surface area (Å²) >= 11 is 0. The van der Waals surface area contributed by atoms with Crippen LogP contribution in [-0.2, 0) is 14.3 Å². The van der Waals surface area contributed by atoms with E-state index in [0.717, 1.165) is 5.56 Å². The number of benzene rings is 2. The molecule has 6 nitrogen and oxygen atoms in total. The Bertz CT molecular complexity index is 1010. The van der Waals surface area contributed by atoms with Crippen LogP contribution in [0.25, 0.3) is 0 Å². The minimum absolute atomic E-state index is 0.0546. The molecule has 32 heavy (non-hydrogen) atoms. The number of nitrogens with zero attached hydrogens (tertiary/aromatic N) is 1. The molecule has 2 aromatic carbocycles. The van der Waals surface area contributed by atoms with Crippen LogP contribution in [-0.4, -0.2) is 42.8 Å². The van der Waals surface area contributed by atoms with Crippen LogP contribution in [0.1, 0.15) is 47.2 Å². The number of ketones is 1. The third-order valence-corrected chi connectivity index (χ3v) is 5.24. The van der Waals surface area contributed by atoms with E-state index in [9.17, 15) is 14.4 Å². The first-order valence-electron chi connectivity index (χ1n) is 10.7. The van der Waals surface area contributed by atoms with Crippen LogP contribution in [0.4, 0.5) is 0 Å². The zero-order valence-electron chi connectivity index (χ0n) is 18.4. The van der Waals surface area contributed by atoms with Gasteiger partial charge in [-0.15, -0.1) is 0 Å². The van der Waals surface area contributed by atoms with Gasteiger partial charge in [0.15, 0.2) is 5.78 Å². The van der Waals surface area contributed by atoms with Crippen LogP contribution in [0.15, 0.2) is 78.6 Å². The molecule has 0 aromatic heterocycles. The number of carbonyl (C=O) groups excluding carboxylic acids is 3. The van der Waals surface area contributed by atoms with Gasteiger partial charge in [0.25, 0.3) is 0 Å². The van der Waals surface area contributed by atoms with Gasteiger partial charge < -0.3 is 15.0 Å². The smallest absolute Gasteiger partial charge is 0.313 e. The summed E-state index contributed by atoms with van der Waals surface area (Å²) in [6, 6.07) is 16.1. The van der Waals surface area contributed by atoms with E-state index in [0.29, 0.717) is 36.1 Å². The summed E-state index contributed by atoms with van der Waals surface area (Å²) < 4.78 is 5.36. The Morgan fingerprint density at radius 1 is 1.03 bits per heavy atom. The van der Waals surface area contributed by atoms with Gasteiger partial charge in [0.05, 0.1) is 12.5 Å². The van der Waals surface area contributed by atoms with Crippen molar-refractivity contribution in [1.82, 2.24) is 10.2 Å². The lowest BCUT2D eigenvalue weighted by molar-refractivity contribution is -0.145. The molecule has 1 amide bonds. The molecular formula is C26H28N2O4. The lowest BCUT2D eigenvalue weighted by Gasteiger charge is -2.16. The molecule has 0 aliphatic carbocycles. The van der Waals surface area contributed by atoms with Crippen LogP contribution in [0.5, 0.6) is 0 Å². The summed E-state index contributed by atoms with van der Waals surface area (Å²) in [7, 11) is 1.87. The van der Waals surface area contributed by atoms with Crippen molar-refractivity contribution in [3.63, 3.8) is 0 Å². The van der Waals surface area contributed by atoms with E-state index in [1.54, 1.807) is 49.5 Å². The molecule has 166 valence electrons. The van der Waals surface area contributed by atoms with Gasteiger partial charge in [-0.05, 0) is 31.5 Å². The second-order valence-electron chi connectivity index (χ2n) is 7.72. The first-order chi connectivity index (χ1) is 15.5. The van der Waals surface area contributed by atoms with Crippen LogP contribution in [0.3, 0.4) is 0 Å². The highest BCUT2D eigenvalue weighted by atomic mass is 16.5. The molecule has 1 aliphatic heterocycles. The van der Waals surface area contributed by atoms with Crippen molar-refractivity contribution in [3.8, 4) is 0 Å². The van der Waals surface area contributed by atoms with Gasteiger partial charge in [-0.2, -0.15) is 0 Å². The highest BCUT2D eigenvalue weighted by molar-refractivity contribution is 6.09. The Morgan fingerprint density at radius 3 is 2.41 bits per heavy atom. The van der Waals surface area contributed by atoms with Crippen molar-refractivity contribution >= 4 is 17.7 Å². The molecular weight excluding hydrogens is 404 g/mol. The third-order valence-electron chi connectivity index (χ3n) is 5.24. The standard InChI is InChI=1S/C26H28N2O4/c1-19(20-11-13-22(14-12-20)24(29)21-8-4-3-5-9-21)26(31)32-17-7-15-27-25(30)23-10-6-16-28(2)18-23/h3-6,8-9,11-14,16,18-19H,7,10,15,17H2,1-2H3,(H,27,30).